The number of piperazine rings is 1. The first kappa shape index (κ1) is 14.9. The topological polar surface area (TPSA) is 44.3 Å². The molecule has 0 unspecified atom stereocenters. The average molecular weight is 297 g/mol. The molecule has 1 aromatic heterocycles. The number of hydrogen-bond donors (Lipinski definition) is 1. The quantitative estimate of drug-likeness (QED) is 0.906. The predicted molar refractivity (Wildman–Crippen MR) is 88.7 cm³/mol. The molecule has 5 nitrogen and oxygen atoms in total. The van der Waals surface area contributed by atoms with Crippen molar-refractivity contribution in [3.63, 3.8) is 0 Å². The van der Waals surface area contributed by atoms with Crippen molar-refractivity contribution in [2.24, 2.45) is 0 Å². The number of rotatable bonds is 5. The van der Waals surface area contributed by atoms with Crippen LogP contribution in [-0.2, 0) is 13.1 Å². The van der Waals surface area contributed by atoms with Crippen LogP contribution < -0.4 is 10.2 Å². The van der Waals surface area contributed by atoms with Crippen LogP contribution in [0.3, 0.4) is 0 Å². The van der Waals surface area contributed by atoms with Gasteiger partial charge in [0.05, 0.1) is 5.69 Å². The fraction of sp³-hybridized carbons (Fsp3) is 0.412. The average Bonchev–Trinajstić information content (AvgIpc) is 2.57. The molecule has 22 heavy (non-hydrogen) atoms. The lowest BCUT2D eigenvalue weighted by Gasteiger charge is -2.34. The summed E-state index contributed by atoms with van der Waals surface area (Å²) in [4.78, 5) is 13.2. The molecule has 0 aliphatic carbocycles. The highest BCUT2D eigenvalue weighted by molar-refractivity contribution is 5.48. The Labute approximate surface area is 132 Å². The van der Waals surface area contributed by atoms with Gasteiger partial charge >= 0.3 is 0 Å². The van der Waals surface area contributed by atoms with Gasteiger partial charge in [0, 0.05) is 63.5 Å². The largest absolute Gasteiger partial charge is 0.369 e. The Morgan fingerprint density at radius 1 is 1.00 bits per heavy atom. The number of benzene rings is 1. The van der Waals surface area contributed by atoms with E-state index in [-0.39, 0.29) is 0 Å². The molecule has 116 valence electrons. The van der Waals surface area contributed by atoms with Crippen molar-refractivity contribution in [2.45, 2.75) is 13.1 Å². The molecular weight excluding hydrogens is 274 g/mol. The number of nitrogens with zero attached hydrogens (tertiary/aromatic N) is 4. The van der Waals surface area contributed by atoms with Crippen LogP contribution in [0.25, 0.3) is 0 Å². The van der Waals surface area contributed by atoms with Crippen molar-refractivity contribution in [2.75, 3.05) is 38.1 Å². The van der Waals surface area contributed by atoms with Crippen molar-refractivity contribution in [1.82, 2.24) is 20.2 Å². The number of anilines is 1. The zero-order valence-electron chi connectivity index (χ0n) is 13.1. The highest BCUT2D eigenvalue weighted by Crippen LogP contribution is 2.17. The molecule has 1 aliphatic rings. The van der Waals surface area contributed by atoms with E-state index in [1.165, 1.54) is 11.3 Å². The van der Waals surface area contributed by atoms with Gasteiger partial charge < -0.3 is 15.1 Å². The van der Waals surface area contributed by atoms with Gasteiger partial charge in [-0.05, 0) is 24.7 Å². The zero-order chi connectivity index (χ0) is 15.2. The number of hydrogen-bond acceptors (Lipinski definition) is 5. The molecule has 0 amide bonds. The van der Waals surface area contributed by atoms with Crippen molar-refractivity contribution < 1.29 is 0 Å². The van der Waals surface area contributed by atoms with E-state index in [1.807, 2.05) is 0 Å². The maximum Gasteiger partial charge on any atom is 0.0724 e. The van der Waals surface area contributed by atoms with Gasteiger partial charge in [-0.2, -0.15) is 0 Å². The molecule has 2 aromatic rings. The van der Waals surface area contributed by atoms with Crippen molar-refractivity contribution in [1.29, 1.82) is 0 Å². The predicted octanol–water partition coefficient (Wildman–Crippen LogP) is 1.52. The van der Waals surface area contributed by atoms with E-state index in [0.29, 0.717) is 0 Å². The molecule has 0 spiro atoms. The third kappa shape index (κ3) is 4.02. The van der Waals surface area contributed by atoms with Crippen molar-refractivity contribution in [3.8, 4) is 0 Å². The SMILES string of the molecule is CN1CCN(c2ccc(CNCc3cnccn3)cc2)CC1. The summed E-state index contributed by atoms with van der Waals surface area (Å²) >= 11 is 0. The van der Waals surface area contributed by atoms with Gasteiger partial charge in [-0.25, -0.2) is 0 Å². The monoisotopic (exact) mass is 297 g/mol. The summed E-state index contributed by atoms with van der Waals surface area (Å²) in [5.74, 6) is 0. The van der Waals surface area contributed by atoms with Gasteiger partial charge in [0.25, 0.3) is 0 Å². The van der Waals surface area contributed by atoms with Gasteiger partial charge in [0.2, 0.25) is 0 Å². The van der Waals surface area contributed by atoms with E-state index >= 15 is 0 Å². The maximum atomic E-state index is 4.26. The number of nitrogens with one attached hydrogen (secondary N) is 1. The molecule has 5 heteroatoms. The minimum absolute atomic E-state index is 0.744. The minimum Gasteiger partial charge on any atom is -0.369 e. The molecule has 0 atom stereocenters. The summed E-state index contributed by atoms with van der Waals surface area (Å²) in [6.07, 6.45) is 5.21. The Bertz CT molecular complexity index is 561. The third-order valence-corrected chi connectivity index (χ3v) is 4.06. The van der Waals surface area contributed by atoms with E-state index < -0.39 is 0 Å². The van der Waals surface area contributed by atoms with E-state index in [0.717, 1.165) is 45.0 Å². The summed E-state index contributed by atoms with van der Waals surface area (Å²) in [5.41, 5.74) is 3.59. The number of aromatic nitrogens is 2. The third-order valence-electron chi connectivity index (χ3n) is 4.06. The molecule has 0 radical (unpaired) electrons. The maximum absolute atomic E-state index is 4.26. The summed E-state index contributed by atoms with van der Waals surface area (Å²) in [7, 11) is 2.18. The molecule has 0 bridgehead atoms. The molecule has 1 N–H and O–H groups in total. The molecular formula is C17H23N5. The Balaban J connectivity index is 1.49. The first-order chi connectivity index (χ1) is 10.8. The molecule has 2 heterocycles. The Morgan fingerprint density at radius 2 is 1.77 bits per heavy atom. The second kappa shape index (κ2) is 7.33. The van der Waals surface area contributed by atoms with Crippen LogP contribution in [0, 0.1) is 0 Å². The van der Waals surface area contributed by atoms with Crippen LogP contribution in [0.4, 0.5) is 5.69 Å². The summed E-state index contributed by atoms with van der Waals surface area (Å²) in [6, 6.07) is 8.87. The van der Waals surface area contributed by atoms with Gasteiger partial charge in [0.1, 0.15) is 0 Å². The molecule has 1 fully saturated rings. The Morgan fingerprint density at radius 3 is 2.45 bits per heavy atom. The van der Waals surface area contributed by atoms with Crippen LogP contribution in [0.5, 0.6) is 0 Å². The van der Waals surface area contributed by atoms with Crippen molar-refractivity contribution in [3.05, 3.63) is 54.1 Å². The van der Waals surface area contributed by atoms with Crippen LogP contribution in [0.1, 0.15) is 11.3 Å². The lowest BCUT2D eigenvalue weighted by Crippen LogP contribution is -2.44. The van der Waals surface area contributed by atoms with E-state index in [9.17, 15) is 0 Å². The highest BCUT2D eigenvalue weighted by Gasteiger charge is 2.13. The fourth-order valence-electron chi connectivity index (χ4n) is 2.65. The van der Waals surface area contributed by atoms with Crippen molar-refractivity contribution >= 4 is 5.69 Å². The van der Waals surface area contributed by atoms with E-state index in [4.69, 9.17) is 0 Å². The second-order valence-corrected chi connectivity index (χ2v) is 5.76. The van der Waals surface area contributed by atoms with Crippen LogP contribution in [0.15, 0.2) is 42.9 Å². The Hall–Kier alpha value is -1.98. The van der Waals surface area contributed by atoms with E-state index in [1.54, 1.807) is 18.6 Å². The first-order valence-corrected chi connectivity index (χ1v) is 7.79. The van der Waals surface area contributed by atoms with Gasteiger partial charge in [0.15, 0.2) is 0 Å². The molecule has 1 aromatic carbocycles. The lowest BCUT2D eigenvalue weighted by atomic mass is 10.1. The summed E-state index contributed by atoms with van der Waals surface area (Å²) in [6.45, 7) is 6.10. The van der Waals surface area contributed by atoms with Gasteiger partial charge in [-0.1, -0.05) is 12.1 Å². The zero-order valence-corrected chi connectivity index (χ0v) is 13.1. The second-order valence-electron chi connectivity index (χ2n) is 5.76. The van der Waals surface area contributed by atoms with Crippen LogP contribution in [-0.4, -0.2) is 48.1 Å². The smallest absolute Gasteiger partial charge is 0.0724 e. The van der Waals surface area contributed by atoms with Crippen LogP contribution >= 0.6 is 0 Å². The standard InChI is InChI=1S/C17H23N5/c1-21-8-10-22(11-9-21)17-4-2-15(3-5-17)12-19-14-16-13-18-6-7-20-16/h2-7,13,19H,8-12,14H2,1H3. The molecule has 1 aliphatic heterocycles. The minimum atomic E-state index is 0.744. The highest BCUT2D eigenvalue weighted by atomic mass is 15.2. The fourth-order valence-corrected chi connectivity index (χ4v) is 2.65. The van der Waals surface area contributed by atoms with E-state index in [2.05, 4.69) is 56.4 Å². The normalized spacial score (nSPS) is 16.0. The Kier molecular flexibility index (Phi) is 4.98. The lowest BCUT2D eigenvalue weighted by molar-refractivity contribution is 0.313. The van der Waals surface area contributed by atoms with Crippen LogP contribution in [0.2, 0.25) is 0 Å². The van der Waals surface area contributed by atoms with Gasteiger partial charge in [-0.3, -0.25) is 9.97 Å². The first-order valence-electron chi connectivity index (χ1n) is 7.79. The van der Waals surface area contributed by atoms with Gasteiger partial charge in [-0.15, -0.1) is 0 Å². The summed E-state index contributed by atoms with van der Waals surface area (Å²) < 4.78 is 0. The molecule has 0 saturated carbocycles. The molecule has 3 rings (SSSR count). The number of likely N-dealkylation sites (N-methyl/N-ethyl adjacent to an activating group) is 1. The summed E-state index contributed by atoms with van der Waals surface area (Å²) in [5, 5.41) is 3.40. The molecule has 1 saturated heterocycles.